The van der Waals surface area contributed by atoms with E-state index in [-0.39, 0.29) is 5.91 Å². The summed E-state index contributed by atoms with van der Waals surface area (Å²) in [6.07, 6.45) is 9.07. The molecule has 1 aromatic rings. The number of anilines is 1. The number of piperidine rings is 1. The first-order valence-electron chi connectivity index (χ1n) is 6.71. The molecule has 1 aliphatic carbocycles. The van der Waals surface area contributed by atoms with Crippen molar-refractivity contribution < 1.29 is 4.79 Å². The molecule has 0 aromatic carbocycles. The maximum Gasteiger partial charge on any atom is 0.274 e. The molecule has 96 valence electrons. The highest BCUT2D eigenvalue weighted by Crippen LogP contribution is 2.23. The van der Waals surface area contributed by atoms with Crippen LogP contribution in [0, 0.1) is 0 Å². The van der Waals surface area contributed by atoms with E-state index in [9.17, 15) is 4.79 Å². The standard InChI is InChI=1S/C13H18N4O/c18-13(17-6-2-1-3-7-17)11-8-15-12(9-14-11)16-10-4-5-10/h8-10H,1-7H2,(H,15,16). The van der Waals surface area contributed by atoms with Crippen molar-refractivity contribution in [2.75, 3.05) is 18.4 Å². The molecule has 0 radical (unpaired) electrons. The zero-order valence-corrected chi connectivity index (χ0v) is 10.4. The SMILES string of the molecule is O=C(c1cnc(NC2CC2)cn1)N1CCCCC1. The van der Waals surface area contributed by atoms with Gasteiger partial charge in [-0.3, -0.25) is 4.79 Å². The van der Waals surface area contributed by atoms with Crippen LogP contribution in [-0.4, -0.2) is 39.9 Å². The summed E-state index contributed by atoms with van der Waals surface area (Å²) in [6, 6.07) is 0.558. The molecular weight excluding hydrogens is 228 g/mol. The molecule has 1 aromatic heterocycles. The van der Waals surface area contributed by atoms with Gasteiger partial charge in [0.2, 0.25) is 0 Å². The smallest absolute Gasteiger partial charge is 0.274 e. The first-order valence-corrected chi connectivity index (χ1v) is 6.71. The van der Waals surface area contributed by atoms with Crippen LogP contribution in [0.2, 0.25) is 0 Å². The Bertz CT molecular complexity index is 421. The van der Waals surface area contributed by atoms with Crippen LogP contribution in [0.25, 0.3) is 0 Å². The third kappa shape index (κ3) is 2.60. The van der Waals surface area contributed by atoms with Crippen LogP contribution in [0.5, 0.6) is 0 Å². The molecule has 0 unspecified atom stereocenters. The summed E-state index contributed by atoms with van der Waals surface area (Å²) in [6.45, 7) is 1.70. The lowest BCUT2D eigenvalue weighted by Gasteiger charge is -2.26. The number of carbonyl (C=O) groups excluding carboxylic acids is 1. The first kappa shape index (κ1) is 11.4. The second-order valence-electron chi connectivity index (χ2n) is 5.06. The van der Waals surface area contributed by atoms with Crippen LogP contribution in [0.3, 0.4) is 0 Å². The molecular formula is C13H18N4O. The normalized spacial score (nSPS) is 19.7. The Morgan fingerprint density at radius 1 is 1.17 bits per heavy atom. The topological polar surface area (TPSA) is 58.1 Å². The van der Waals surface area contributed by atoms with E-state index in [0.717, 1.165) is 31.7 Å². The van der Waals surface area contributed by atoms with Gasteiger partial charge in [-0.15, -0.1) is 0 Å². The lowest BCUT2D eigenvalue weighted by atomic mass is 10.1. The second-order valence-corrected chi connectivity index (χ2v) is 5.06. The van der Waals surface area contributed by atoms with E-state index in [0.29, 0.717) is 11.7 Å². The van der Waals surface area contributed by atoms with Gasteiger partial charge in [0.1, 0.15) is 11.5 Å². The monoisotopic (exact) mass is 246 g/mol. The molecule has 1 aliphatic heterocycles. The number of amides is 1. The van der Waals surface area contributed by atoms with E-state index in [1.807, 2.05) is 4.90 Å². The van der Waals surface area contributed by atoms with Gasteiger partial charge in [0.15, 0.2) is 0 Å². The zero-order valence-electron chi connectivity index (χ0n) is 10.4. The largest absolute Gasteiger partial charge is 0.366 e. The van der Waals surface area contributed by atoms with Crippen molar-refractivity contribution in [1.82, 2.24) is 14.9 Å². The molecule has 0 spiro atoms. The Balaban J connectivity index is 1.65. The molecule has 5 nitrogen and oxygen atoms in total. The van der Waals surface area contributed by atoms with E-state index >= 15 is 0 Å². The van der Waals surface area contributed by atoms with Crippen molar-refractivity contribution in [3.63, 3.8) is 0 Å². The van der Waals surface area contributed by atoms with Gasteiger partial charge >= 0.3 is 0 Å². The zero-order chi connectivity index (χ0) is 12.4. The molecule has 5 heteroatoms. The Kier molecular flexibility index (Phi) is 3.13. The Morgan fingerprint density at radius 3 is 2.56 bits per heavy atom. The minimum absolute atomic E-state index is 0.0140. The average molecular weight is 246 g/mol. The second kappa shape index (κ2) is 4.92. The van der Waals surface area contributed by atoms with E-state index in [2.05, 4.69) is 15.3 Å². The molecule has 2 fully saturated rings. The van der Waals surface area contributed by atoms with Crippen molar-refractivity contribution in [2.45, 2.75) is 38.1 Å². The average Bonchev–Trinajstić information content (AvgIpc) is 3.24. The minimum Gasteiger partial charge on any atom is -0.366 e. The van der Waals surface area contributed by atoms with Crippen molar-refractivity contribution in [1.29, 1.82) is 0 Å². The highest BCUT2D eigenvalue weighted by atomic mass is 16.2. The van der Waals surface area contributed by atoms with Crippen LogP contribution >= 0.6 is 0 Å². The summed E-state index contributed by atoms with van der Waals surface area (Å²) < 4.78 is 0. The predicted octanol–water partition coefficient (Wildman–Crippen LogP) is 1.68. The highest BCUT2D eigenvalue weighted by Gasteiger charge is 2.22. The van der Waals surface area contributed by atoms with E-state index < -0.39 is 0 Å². The lowest BCUT2D eigenvalue weighted by Crippen LogP contribution is -2.36. The van der Waals surface area contributed by atoms with Gasteiger partial charge in [-0.25, -0.2) is 9.97 Å². The molecule has 3 rings (SSSR count). The van der Waals surface area contributed by atoms with Crippen molar-refractivity contribution in [3.8, 4) is 0 Å². The number of carbonyl (C=O) groups is 1. The number of hydrogen-bond acceptors (Lipinski definition) is 4. The van der Waals surface area contributed by atoms with Gasteiger partial charge < -0.3 is 10.2 Å². The minimum atomic E-state index is 0.0140. The Hall–Kier alpha value is -1.65. The third-order valence-corrected chi connectivity index (χ3v) is 3.44. The van der Waals surface area contributed by atoms with Gasteiger partial charge in [-0.2, -0.15) is 0 Å². The number of rotatable bonds is 3. The number of nitrogens with zero attached hydrogens (tertiary/aromatic N) is 3. The predicted molar refractivity (Wildman–Crippen MR) is 68.4 cm³/mol. The number of nitrogens with one attached hydrogen (secondary N) is 1. The third-order valence-electron chi connectivity index (χ3n) is 3.44. The number of hydrogen-bond donors (Lipinski definition) is 1. The van der Waals surface area contributed by atoms with Crippen LogP contribution in [-0.2, 0) is 0 Å². The van der Waals surface area contributed by atoms with Crippen molar-refractivity contribution >= 4 is 11.7 Å². The van der Waals surface area contributed by atoms with E-state index in [1.165, 1.54) is 19.3 Å². The van der Waals surface area contributed by atoms with Crippen LogP contribution in [0.4, 0.5) is 5.82 Å². The summed E-state index contributed by atoms with van der Waals surface area (Å²) in [4.78, 5) is 22.5. The Labute approximate surface area is 107 Å². The molecule has 1 saturated heterocycles. The molecule has 1 saturated carbocycles. The van der Waals surface area contributed by atoms with Gasteiger partial charge in [-0.1, -0.05) is 0 Å². The summed E-state index contributed by atoms with van der Waals surface area (Å²) in [5.41, 5.74) is 0.457. The van der Waals surface area contributed by atoms with E-state index in [4.69, 9.17) is 0 Å². The fourth-order valence-corrected chi connectivity index (χ4v) is 2.21. The first-order chi connectivity index (χ1) is 8.83. The fourth-order valence-electron chi connectivity index (χ4n) is 2.21. The number of aromatic nitrogens is 2. The van der Waals surface area contributed by atoms with Crippen LogP contribution in [0.1, 0.15) is 42.6 Å². The van der Waals surface area contributed by atoms with Crippen molar-refractivity contribution in [2.24, 2.45) is 0 Å². The molecule has 0 atom stereocenters. The summed E-state index contributed by atoms with van der Waals surface area (Å²) in [7, 11) is 0. The highest BCUT2D eigenvalue weighted by molar-refractivity contribution is 5.92. The van der Waals surface area contributed by atoms with Crippen LogP contribution in [0.15, 0.2) is 12.4 Å². The fraction of sp³-hybridized carbons (Fsp3) is 0.615. The molecule has 1 amide bonds. The molecule has 0 bridgehead atoms. The van der Waals surface area contributed by atoms with Gasteiger partial charge in [0, 0.05) is 19.1 Å². The summed E-state index contributed by atoms with van der Waals surface area (Å²) in [5.74, 6) is 0.785. The number of likely N-dealkylation sites (tertiary alicyclic amines) is 1. The maximum absolute atomic E-state index is 12.1. The Morgan fingerprint density at radius 2 is 1.94 bits per heavy atom. The summed E-state index contributed by atoms with van der Waals surface area (Å²) in [5, 5.41) is 3.26. The van der Waals surface area contributed by atoms with Crippen LogP contribution < -0.4 is 5.32 Å². The molecule has 2 aliphatic rings. The van der Waals surface area contributed by atoms with Gasteiger partial charge in [0.05, 0.1) is 12.4 Å². The maximum atomic E-state index is 12.1. The summed E-state index contributed by atoms with van der Waals surface area (Å²) >= 11 is 0. The molecule has 1 N–H and O–H groups in total. The molecule has 18 heavy (non-hydrogen) atoms. The van der Waals surface area contributed by atoms with E-state index in [1.54, 1.807) is 12.4 Å². The lowest BCUT2D eigenvalue weighted by molar-refractivity contribution is 0.0718. The quantitative estimate of drug-likeness (QED) is 0.881. The van der Waals surface area contributed by atoms with Crippen molar-refractivity contribution in [3.05, 3.63) is 18.1 Å². The van der Waals surface area contributed by atoms with Gasteiger partial charge in [0.25, 0.3) is 5.91 Å². The van der Waals surface area contributed by atoms with Gasteiger partial charge in [-0.05, 0) is 32.1 Å². The molecule has 2 heterocycles.